The fourth-order valence-electron chi connectivity index (χ4n) is 2.49. The van der Waals surface area contributed by atoms with Crippen molar-refractivity contribution in [3.05, 3.63) is 29.7 Å². The number of rotatable bonds is 4. The van der Waals surface area contributed by atoms with E-state index in [1.165, 1.54) is 4.31 Å². The van der Waals surface area contributed by atoms with Gasteiger partial charge in [-0.05, 0) is 20.3 Å². The van der Waals surface area contributed by atoms with Crippen molar-refractivity contribution in [1.82, 2.24) is 19.4 Å². The van der Waals surface area contributed by atoms with E-state index in [2.05, 4.69) is 15.1 Å². The van der Waals surface area contributed by atoms with Crippen LogP contribution in [0.25, 0.3) is 0 Å². The molecule has 8 nitrogen and oxygen atoms in total. The Balaban J connectivity index is 1.73. The number of hydrogen-bond donors (Lipinski definition) is 0. The van der Waals surface area contributed by atoms with Crippen molar-refractivity contribution >= 4 is 10.0 Å². The molecule has 0 radical (unpaired) electrons. The van der Waals surface area contributed by atoms with Gasteiger partial charge in [-0.1, -0.05) is 5.16 Å². The highest BCUT2D eigenvalue weighted by Crippen LogP contribution is 2.27. The van der Waals surface area contributed by atoms with Gasteiger partial charge in [-0.3, -0.25) is 0 Å². The van der Waals surface area contributed by atoms with Crippen LogP contribution >= 0.6 is 0 Å². The van der Waals surface area contributed by atoms with Gasteiger partial charge in [-0.15, -0.1) is 0 Å². The lowest BCUT2D eigenvalue weighted by atomic mass is 10.3. The number of ether oxygens (including phenoxy) is 1. The fourth-order valence-corrected chi connectivity index (χ4v) is 4.27. The van der Waals surface area contributed by atoms with Crippen molar-refractivity contribution in [2.45, 2.75) is 31.3 Å². The van der Waals surface area contributed by atoms with Crippen molar-refractivity contribution < 1.29 is 22.1 Å². The van der Waals surface area contributed by atoms with Crippen molar-refractivity contribution in [3.8, 4) is 6.01 Å². The molecule has 0 aromatic carbocycles. The van der Waals surface area contributed by atoms with E-state index in [-0.39, 0.29) is 23.2 Å². The van der Waals surface area contributed by atoms with Gasteiger partial charge in [0.05, 0.1) is 18.9 Å². The summed E-state index contributed by atoms with van der Waals surface area (Å²) in [4.78, 5) is 7.51. The Morgan fingerprint density at radius 2 is 2.04 bits per heavy atom. The predicted molar refractivity (Wildman–Crippen MR) is 75.8 cm³/mol. The maximum absolute atomic E-state index is 12.8. The number of nitrogens with zero attached hydrogens (tertiary/aromatic N) is 4. The van der Waals surface area contributed by atoms with Gasteiger partial charge < -0.3 is 9.26 Å². The van der Waals surface area contributed by atoms with Crippen LogP contribution in [0.4, 0.5) is 4.39 Å². The summed E-state index contributed by atoms with van der Waals surface area (Å²) in [6.07, 6.45) is 2.09. The molecule has 3 heterocycles. The standard InChI is InChI=1S/C13H15FN4O4S/c1-8-12(9(2)22-17-8)23(19,20)18-4-3-11(7-18)21-13-15-5-10(14)6-16-13/h5-6,11H,3-4,7H2,1-2H3. The zero-order chi connectivity index (χ0) is 16.6. The first kappa shape index (κ1) is 15.8. The van der Waals surface area contributed by atoms with Crippen molar-refractivity contribution in [2.75, 3.05) is 13.1 Å². The third kappa shape index (κ3) is 3.04. The molecule has 124 valence electrons. The molecule has 0 N–H and O–H groups in total. The SMILES string of the molecule is Cc1noc(C)c1S(=O)(=O)N1CCC(Oc2ncc(F)cn2)C1. The third-order valence-electron chi connectivity index (χ3n) is 3.54. The molecule has 1 aliphatic rings. The Morgan fingerprint density at radius 1 is 1.35 bits per heavy atom. The minimum Gasteiger partial charge on any atom is -0.459 e. The van der Waals surface area contributed by atoms with Crippen LogP contribution in [0.2, 0.25) is 0 Å². The highest BCUT2D eigenvalue weighted by Gasteiger charge is 2.37. The summed E-state index contributed by atoms with van der Waals surface area (Å²) >= 11 is 0. The van der Waals surface area contributed by atoms with Crippen LogP contribution in [0.3, 0.4) is 0 Å². The lowest BCUT2D eigenvalue weighted by Crippen LogP contribution is -2.31. The van der Waals surface area contributed by atoms with E-state index in [1.54, 1.807) is 13.8 Å². The monoisotopic (exact) mass is 342 g/mol. The van der Waals surface area contributed by atoms with Crippen molar-refractivity contribution in [1.29, 1.82) is 0 Å². The van der Waals surface area contributed by atoms with Gasteiger partial charge in [-0.2, -0.15) is 4.31 Å². The number of aromatic nitrogens is 3. The molecule has 23 heavy (non-hydrogen) atoms. The van der Waals surface area contributed by atoms with Crippen LogP contribution in [-0.2, 0) is 10.0 Å². The molecule has 1 aliphatic heterocycles. The first-order valence-corrected chi connectivity index (χ1v) is 8.39. The summed E-state index contributed by atoms with van der Waals surface area (Å²) in [5.41, 5.74) is 0.328. The van der Waals surface area contributed by atoms with E-state index in [1.807, 2.05) is 0 Å². The van der Waals surface area contributed by atoms with E-state index >= 15 is 0 Å². The summed E-state index contributed by atoms with van der Waals surface area (Å²) < 4.78 is 49.9. The van der Waals surface area contributed by atoms with Crippen molar-refractivity contribution in [3.63, 3.8) is 0 Å². The van der Waals surface area contributed by atoms with Crippen LogP contribution in [0.1, 0.15) is 17.9 Å². The second-order valence-electron chi connectivity index (χ2n) is 5.23. The average molecular weight is 342 g/mol. The first-order chi connectivity index (χ1) is 10.9. The summed E-state index contributed by atoms with van der Waals surface area (Å²) in [6.45, 7) is 3.61. The molecular formula is C13H15FN4O4S. The number of aryl methyl sites for hydroxylation is 2. The molecule has 0 saturated carbocycles. The van der Waals surface area contributed by atoms with Crippen LogP contribution in [0.15, 0.2) is 21.8 Å². The Morgan fingerprint density at radius 3 is 2.65 bits per heavy atom. The molecule has 2 aromatic heterocycles. The quantitative estimate of drug-likeness (QED) is 0.819. The van der Waals surface area contributed by atoms with Crippen LogP contribution in [0, 0.1) is 19.7 Å². The second kappa shape index (κ2) is 5.85. The van der Waals surface area contributed by atoms with Gasteiger partial charge in [0.15, 0.2) is 11.6 Å². The highest BCUT2D eigenvalue weighted by atomic mass is 32.2. The molecule has 1 fully saturated rings. The third-order valence-corrected chi connectivity index (χ3v) is 5.65. The van der Waals surface area contributed by atoms with Crippen molar-refractivity contribution in [2.24, 2.45) is 0 Å². The summed E-state index contributed by atoms with van der Waals surface area (Å²) in [5, 5.41) is 3.68. The Kier molecular flexibility index (Phi) is 4.02. The normalized spacial score (nSPS) is 19.2. The molecule has 2 aromatic rings. The second-order valence-corrected chi connectivity index (χ2v) is 7.10. The molecule has 1 atom stereocenters. The molecular weight excluding hydrogens is 327 g/mol. The first-order valence-electron chi connectivity index (χ1n) is 6.95. The maximum atomic E-state index is 12.8. The van der Waals surface area contributed by atoms with E-state index in [0.717, 1.165) is 12.4 Å². The molecule has 0 aliphatic carbocycles. The van der Waals surface area contributed by atoms with Gasteiger partial charge in [0, 0.05) is 6.54 Å². The van der Waals surface area contributed by atoms with E-state index < -0.39 is 21.9 Å². The lowest BCUT2D eigenvalue weighted by Gasteiger charge is -2.16. The van der Waals surface area contributed by atoms with E-state index in [4.69, 9.17) is 9.26 Å². The fraction of sp³-hybridized carbons (Fsp3) is 0.462. The minimum absolute atomic E-state index is 0.0213. The minimum atomic E-state index is -3.69. The molecule has 10 heteroatoms. The number of halogens is 1. The van der Waals surface area contributed by atoms with E-state index in [9.17, 15) is 12.8 Å². The van der Waals surface area contributed by atoms with Gasteiger partial charge in [0.2, 0.25) is 10.0 Å². The smallest absolute Gasteiger partial charge is 0.316 e. The van der Waals surface area contributed by atoms with Gasteiger partial charge in [0.25, 0.3) is 0 Å². The van der Waals surface area contributed by atoms with Gasteiger partial charge >= 0.3 is 6.01 Å². The topological polar surface area (TPSA) is 98.4 Å². The molecule has 1 unspecified atom stereocenters. The van der Waals surface area contributed by atoms with Gasteiger partial charge in [-0.25, -0.2) is 22.8 Å². The largest absolute Gasteiger partial charge is 0.459 e. The zero-order valence-corrected chi connectivity index (χ0v) is 13.4. The molecule has 3 rings (SSSR count). The summed E-state index contributed by atoms with van der Waals surface area (Å²) in [6, 6.07) is 0.0213. The van der Waals surface area contributed by atoms with Crippen LogP contribution in [-0.4, -0.2) is 47.0 Å². The molecule has 1 saturated heterocycles. The summed E-state index contributed by atoms with van der Waals surface area (Å²) in [7, 11) is -3.69. The predicted octanol–water partition coefficient (Wildman–Crippen LogP) is 1.06. The lowest BCUT2D eigenvalue weighted by molar-refractivity contribution is 0.197. The van der Waals surface area contributed by atoms with Crippen LogP contribution in [0.5, 0.6) is 6.01 Å². The molecule has 0 bridgehead atoms. The van der Waals surface area contributed by atoms with Gasteiger partial charge in [0.1, 0.15) is 16.7 Å². The number of hydrogen-bond acceptors (Lipinski definition) is 7. The molecule has 0 spiro atoms. The summed E-state index contributed by atoms with van der Waals surface area (Å²) in [5.74, 6) is -0.305. The molecule has 0 amide bonds. The Hall–Kier alpha value is -2.07. The number of sulfonamides is 1. The zero-order valence-electron chi connectivity index (χ0n) is 12.6. The average Bonchev–Trinajstić information content (AvgIpc) is 3.09. The van der Waals surface area contributed by atoms with Crippen LogP contribution < -0.4 is 4.74 Å². The Labute approximate surface area is 132 Å². The maximum Gasteiger partial charge on any atom is 0.316 e. The highest BCUT2D eigenvalue weighted by molar-refractivity contribution is 7.89. The van der Waals surface area contributed by atoms with E-state index in [0.29, 0.717) is 18.7 Å². The Bertz CT molecular complexity index is 786.